The Morgan fingerprint density at radius 3 is 2.44 bits per heavy atom. The van der Waals surface area contributed by atoms with Crippen LogP contribution in [0, 0.1) is 11.3 Å². The van der Waals surface area contributed by atoms with Crippen LogP contribution in [-0.2, 0) is 9.53 Å². The Morgan fingerprint density at radius 1 is 1.25 bits per heavy atom. The third-order valence-corrected chi connectivity index (χ3v) is 4.54. The Balaban J connectivity index is 1.69. The molecule has 0 N–H and O–H groups in total. The summed E-state index contributed by atoms with van der Waals surface area (Å²) in [6, 6.07) is 0. The van der Waals surface area contributed by atoms with Crippen LogP contribution in [0.25, 0.3) is 0 Å². The number of carbonyl (C=O) groups is 1. The minimum atomic E-state index is 0.0719. The first-order valence-corrected chi connectivity index (χ1v) is 6.92. The number of rotatable bonds is 4. The molecule has 2 rings (SSSR count). The summed E-state index contributed by atoms with van der Waals surface area (Å²) in [4.78, 5) is 11.8. The topological polar surface area (TPSA) is 26.3 Å². The van der Waals surface area contributed by atoms with Gasteiger partial charge in [-0.15, -0.1) is 0 Å². The van der Waals surface area contributed by atoms with Crippen molar-refractivity contribution in [2.24, 2.45) is 11.3 Å². The molecule has 0 aliphatic heterocycles. The Morgan fingerprint density at radius 2 is 1.94 bits per heavy atom. The molecule has 2 fully saturated rings. The quantitative estimate of drug-likeness (QED) is 0.537. The minimum Gasteiger partial charge on any atom is -0.465 e. The molecular weight excluding hydrogens is 200 g/mol. The van der Waals surface area contributed by atoms with Crippen molar-refractivity contribution in [2.75, 3.05) is 6.61 Å². The van der Waals surface area contributed by atoms with E-state index in [-0.39, 0.29) is 11.9 Å². The zero-order chi connectivity index (χ0) is 11.4. The molecule has 92 valence electrons. The SMILES string of the molecule is CCCCOC(=O)C1CCC2(CCC2)CC1. The Labute approximate surface area is 98.7 Å². The second kappa shape index (κ2) is 5.20. The molecule has 0 saturated heterocycles. The van der Waals surface area contributed by atoms with Gasteiger partial charge in [-0.2, -0.15) is 0 Å². The number of ether oxygens (including phenoxy) is 1. The van der Waals surface area contributed by atoms with Crippen LogP contribution in [-0.4, -0.2) is 12.6 Å². The number of unbranched alkanes of at least 4 members (excludes halogenated alkanes) is 1. The maximum atomic E-state index is 11.8. The number of hydrogen-bond donors (Lipinski definition) is 0. The number of esters is 1. The third kappa shape index (κ3) is 2.58. The van der Waals surface area contributed by atoms with Gasteiger partial charge >= 0.3 is 5.97 Å². The van der Waals surface area contributed by atoms with Gasteiger partial charge in [-0.05, 0) is 50.4 Å². The molecule has 0 radical (unpaired) electrons. The lowest BCUT2D eigenvalue weighted by Crippen LogP contribution is -2.36. The monoisotopic (exact) mass is 224 g/mol. The van der Waals surface area contributed by atoms with Gasteiger partial charge in [0.15, 0.2) is 0 Å². The number of carbonyl (C=O) groups excluding carboxylic acids is 1. The van der Waals surface area contributed by atoms with E-state index in [4.69, 9.17) is 4.74 Å². The van der Waals surface area contributed by atoms with Crippen molar-refractivity contribution >= 4 is 5.97 Å². The second-order valence-electron chi connectivity index (χ2n) is 5.65. The van der Waals surface area contributed by atoms with Crippen LogP contribution in [0.15, 0.2) is 0 Å². The summed E-state index contributed by atoms with van der Waals surface area (Å²) < 4.78 is 5.30. The summed E-state index contributed by atoms with van der Waals surface area (Å²) in [5, 5.41) is 0. The highest BCUT2D eigenvalue weighted by Crippen LogP contribution is 2.52. The van der Waals surface area contributed by atoms with Crippen LogP contribution in [0.5, 0.6) is 0 Å². The van der Waals surface area contributed by atoms with Crippen molar-refractivity contribution in [1.29, 1.82) is 0 Å². The van der Waals surface area contributed by atoms with Gasteiger partial charge in [0.05, 0.1) is 12.5 Å². The summed E-state index contributed by atoms with van der Waals surface area (Å²) in [5.41, 5.74) is 0.653. The molecule has 2 aliphatic carbocycles. The standard InChI is InChI=1S/C14H24O2/c1-2-3-11-16-13(15)12-5-9-14(10-6-12)7-4-8-14/h12H,2-11H2,1H3. The molecule has 2 nitrogen and oxygen atoms in total. The average Bonchev–Trinajstić information content (AvgIpc) is 2.27. The summed E-state index contributed by atoms with van der Waals surface area (Å²) in [5.74, 6) is 0.283. The first-order chi connectivity index (χ1) is 7.76. The normalized spacial score (nSPS) is 24.1. The van der Waals surface area contributed by atoms with Crippen molar-refractivity contribution in [3.05, 3.63) is 0 Å². The molecule has 1 spiro atoms. The highest BCUT2D eigenvalue weighted by atomic mass is 16.5. The van der Waals surface area contributed by atoms with E-state index in [0.29, 0.717) is 12.0 Å². The minimum absolute atomic E-state index is 0.0719. The molecule has 0 heterocycles. The predicted octanol–water partition coefficient (Wildman–Crippen LogP) is 3.69. The second-order valence-corrected chi connectivity index (χ2v) is 5.65. The van der Waals surface area contributed by atoms with Crippen LogP contribution in [0.4, 0.5) is 0 Å². The zero-order valence-electron chi connectivity index (χ0n) is 10.5. The van der Waals surface area contributed by atoms with Gasteiger partial charge in [0, 0.05) is 0 Å². The Kier molecular flexibility index (Phi) is 3.88. The van der Waals surface area contributed by atoms with Gasteiger partial charge < -0.3 is 4.74 Å². The van der Waals surface area contributed by atoms with Crippen molar-refractivity contribution in [2.45, 2.75) is 64.7 Å². The van der Waals surface area contributed by atoms with Gasteiger partial charge in [0.2, 0.25) is 0 Å². The average molecular weight is 224 g/mol. The van der Waals surface area contributed by atoms with Crippen molar-refractivity contribution in [1.82, 2.24) is 0 Å². The Bertz CT molecular complexity index is 233. The van der Waals surface area contributed by atoms with Crippen LogP contribution in [0.3, 0.4) is 0 Å². The van der Waals surface area contributed by atoms with Crippen LogP contribution in [0.2, 0.25) is 0 Å². The molecule has 0 atom stereocenters. The lowest BCUT2D eigenvalue weighted by Gasteiger charge is -2.46. The fraction of sp³-hybridized carbons (Fsp3) is 0.929. The smallest absolute Gasteiger partial charge is 0.308 e. The molecule has 16 heavy (non-hydrogen) atoms. The Hall–Kier alpha value is -0.530. The molecule has 2 saturated carbocycles. The molecular formula is C14H24O2. The van der Waals surface area contributed by atoms with Gasteiger partial charge in [-0.1, -0.05) is 19.8 Å². The van der Waals surface area contributed by atoms with E-state index in [0.717, 1.165) is 25.7 Å². The fourth-order valence-electron chi connectivity index (χ4n) is 3.08. The fourth-order valence-corrected chi connectivity index (χ4v) is 3.08. The van der Waals surface area contributed by atoms with Gasteiger partial charge in [0.1, 0.15) is 0 Å². The highest BCUT2D eigenvalue weighted by molar-refractivity contribution is 5.72. The van der Waals surface area contributed by atoms with E-state index >= 15 is 0 Å². The molecule has 0 aromatic rings. The van der Waals surface area contributed by atoms with Gasteiger partial charge in [0.25, 0.3) is 0 Å². The summed E-state index contributed by atoms with van der Waals surface area (Å²) in [6.45, 7) is 2.74. The van der Waals surface area contributed by atoms with E-state index in [1.165, 1.54) is 32.1 Å². The lowest BCUT2D eigenvalue weighted by molar-refractivity contribution is -0.151. The van der Waals surface area contributed by atoms with Gasteiger partial charge in [-0.25, -0.2) is 0 Å². The van der Waals surface area contributed by atoms with E-state index in [1.54, 1.807) is 0 Å². The molecule has 2 aliphatic rings. The van der Waals surface area contributed by atoms with Crippen LogP contribution >= 0.6 is 0 Å². The van der Waals surface area contributed by atoms with Crippen molar-refractivity contribution in [3.63, 3.8) is 0 Å². The van der Waals surface area contributed by atoms with E-state index in [1.807, 2.05) is 0 Å². The zero-order valence-corrected chi connectivity index (χ0v) is 10.5. The lowest BCUT2D eigenvalue weighted by atomic mass is 9.59. The molecule has 0 aromatic heterocycles. The first kappa shape index (κ1) is 11.9. The van der Waals surface area contributed by atoms with E-state index < -0.39 is 0 Å². The highest BCUT2D eigenvalue weighted by Gasteiger charge is 2.41. The molecule has 0 aromatic carbocycles. The maximum Gasteiger partial charge on any atom is 0.308 e. The van der Waals surface area contributed by atoms with Crippen LogP contribution < -0.4 is 0 Å². The van der Waals surface area contributed by atoms with Crippen molar-refractivity contribution < 1.29 is 9.53 Å². The van der Waals surface area contributed by atoms with Gasteiger partial charge in [-0.3, -0.25) is 4.79 Å². The van der Waals surface area contributed by atoms with E-state index in [2.05, 4.69) is 6.92 Å². The first-order valence-electron chi connectivity index (χ1n) is 6.92. The number of hydrogen-bond acceptors (Lipinski definition) is 2. The summed E-state index contributed by atoms with van der Waals surface area (Å²) in [7, 11) is 0. The molecule has 0 amide bonds. The largest absolute Gasteiger partial charge is 0.465 e. The molecule has 2 heteroatoms. The van der Waals surface area contributed by atoms with Crippen LogP contribution in [0.1, 0.15) is 64.7 Å². The summed E-state index contributed by atoms with van der Waals surface area (Å²) in [6.07, 6.45) is 11.0. The predicted molar refractivity (Wildman–Crippen MR) is 64.1 cm³/mol. The molecule has 0 bridgehead atoms. The maximum absolute atomic E-state index is 11.8. The van der Waals surface area contributed by atoms with Crippen molar-refractivity contribution in [3.8, 4) is 0 Å². The van der Waals surface area contributed by atoms with E-state index in [9.17, 15) is 4.79 Å². The molecule has 0 unspecified atom stereocenters. The third-order valence-electron chi connectivity index (χ3n) is 4.54. The summed E-state index contributed by atoms with van der Waals surface area (Å²) >= 11 is 0.